The lowest BCUT2D eigenvalue weighted by molar-refractivity contribution is -0.141. The molecule has 9 heavy (non-hydrogen) atoms. The number of hydrogen-bond donors (Lipinski definition) is 1. The molecule has 0 unspecified atom stereocenters. The molecule has 0 saturated heterocycles. The molecule has 0 atom stereocenters. The van der Waals surface area contributed by atoms with E-state index >= 15 is 0 Å². The van der Waals surface area contributed by atoms with Crippen molar-refractivity contribution >= 4 is 28.7 Å². The molecule has 0 aromatic heterocycles. The Hall–Kier alpha value is 0.130. The summed E-state index contributed by atoms with van der Waals surface area (Å²) in [7, 11) is 0. The number of ether oxygens (including phenoxy) is 1. The molecule has 0 radical (unpaired) electrons. The van der Waals surface area contributed by atoms with E-state index in [1.54, 1.807) is 0 Å². The Bertz CT molecular complexity index is 85.9. The number of thiol groups is 1. The number of rotatable bonds is 4. The fraction of sp³-hybridized carbons (Fsp3) is 0.750. The minimum absolute atomic E-state index is 0.289. The van der Waals surface area contributed by atoms with E-state index in [0.717, 1.165) is 11.1 Å². The molecule has 0 saturated carbocycles. The van der Waals surface area contributed by atoms with Gasteiger partial charge in [-0.1, -0.05) is 11.7 Å². The van der Waals surface area contributed by atoms with Crippen LogP contribution in [0.15, 0.2) is 0 Å². The van der Waals surface area contributed by atoms with Crippen LogP contribution < -0.4 is 0 Å². The first-order valence-corrected chi connectivity index (χ1v) is 4.13. The van der Waals surface area contributed by atoms with Crippen LogP contribution in [0.25, 0.3) is 0 Å². The van der Waals surface area contributed by atoms with E-state index in [1.165, 1.54) is 6.92 Å². The van der Waals surface area contributed by atoms with E-state index in [0.29, 0.717) is 13.2 Å². The van der Waals surface area contributed by atoms with Crippen LogP contribution in [0.1, 0.15) is 6.92 Å². The molecule has 3 nitrogen and oxygen atoms in total. The van der Waals surface area contributed by atoms with Crippen LogP contribution in [0.4, 0.5) is 0 Å². The van der Waals surface area contributed by atoms with Gasteiger partial charge in [0.2, 0.25) is 0 Å². The smallest absolute Gasteiger partial charge is 0.302 e. The van der Waals surface area contributed by atoms with E-state index in [-0.39, 0.29) is 5.97 Å². The van der Waals surface area contributed by atoms with Gasteiger partial charge in [0, 0.05) is 6.92 Å². The average Bonchev–Trinajstić information content (AvgIpc) is 1.80. The van der Waals surface area contributed by atoms with Gasteiger partial charge in [-0.05, 0) is 0 Å². The molecule has 0 fully saturated rings. The van der Waals surface area contributed by atoms with Crippen molar-refractivity contribution in [2.24, 2.45) is 0 Å². The summed E-state index contributed by atoms with van der Waals surface area (Å²) in [6, 6.07) is 0. The molecule has 0 aliphatic carbocycles. The maximum atomic E-state index is 10.1. The Labute approximate surface area is 63.1 Å². The molecule has 0 amide bonds. The van der Waals surface area contributed by atoms with Crippen LogP contribution >= 0.6 is 22.7 Å². The molecule has 0 aromatic carbocycles. The van der Waals surface area contributed by atoms with Gasteiger partial charge in [-0.3, -0.25) is 4.79 Å². The standard InChI is InChI=1S/C4H8O3S2/c1-4(5)6-2-3-7-9-8/h8H,2-3H2,1H3. The molecule has 0 spiro atoms. The highest BCUT2D eigenvalue weighted by atomic mass is 33.1. The first-order chi connectivity index (χ1) is 4.27. The van der Waals surface area contributed by atoms with E-state index in [2.05, 4.69) is 20.6 Å². The minimum atomic E-state index is -0.289. The molecule has 0 aliphatic rings. The van der Waals surface area contributed by atoms with Gasteiger partial charge >= 0.3 is 5.97 Å². The van der Waals surface area contributed by atoms with Crippen molar-refractivity contribution in [1.29, 1.82) is 0 Å². The minimum Gasteiger partial charge on any atom is -0.463 e. The highest BCUT2D eigenvalue weighted by Gasteiger charge is 1.90. The van der Waals surface area contributed by atoms with Crippen molar-refractivity contribution in [3.05, 3.63) is 0 Å². The van der Waals surface area contributed by atoms with Crippen molar-refractivity contribution < 1.29 is 13.7 Å². The summed E-state index contributed by atoms with van der Waals surface area (Å²) in [5.41, 5.74) is 0. The summed E-state index contributed by atoms with van der Waals surface area (Å²) in [5.74, 6) is -0.289. The second-order valence-electron chi connectivity index (χ2n) is 1.24. The first-order valence-electron chi connectivity index (χ1n) is 2.33. The van der Waals surface area contributed by atoms with Crippen molar-refractivity contribution in [2.75, 3.05) is 13.2 Å². The van der Waals surface area contributed by atoms with Gasteiger partial charge in [0.15, 0.2) is 0 Å². The zero-order valence-corrected chi connectivity index (χ0v) is 6.71. The first kappa shape index (κ1) is 9.13. The maximum absolute atomic E-state index is 10.1. The Balaban J connectivity index is 2.83. The third-order valence-corrected chi connectivity index (χ3v) is 1.11. The second-order valence-corrected chi connectivity index (χ2v) is 2.07. The van der Waals surface area contributed by atoms with Gasteiger partial charge in [0.05, 0.1) is 17.7 Å². The second kappa shape index (κ2) is 6.25. The van der Waals surface area contributed by atoms with Gasteiger partial charge < -0.3 is 8.92 Å². The maximum Gasteiger partial charge on any atom is 0.302 e. The van der Waals surface area contributed by atoms with Crippen LogP contribution in [-0.4, -0.2) is 19.2 Å². The Morgan fingerprint density at radius 2 is 2.33 bits per heavy atom. The summed E-state index contributed by atoms with van der Waals surface area (Å²) in [6.07, 6.45) is 0. The highest BCUT2D eigenvalue weighted by molar-refractivity contribution is 8.66. The number of esters is 1. The molecular formula is C4H8O3S2. The SMILES string of the molecule is CC(=O)OCCOSS. The van der Waals surface area contributed by atoms with Crippen molar-refractivity contribution in [2.45, 2.75) is 6.92 Å². The third kappa shape index (κ3) is 8.13. The largest absolute Gasteiger partial charge is 0.463 e. The van der Waals surface area contributed by atoms with Gasteiger partial charge in [-0.2, -0.15) is 0 Å². The van der Waals surface area contributed by atoms with E-state index < -0.39 is 0 Å². The van der Waals surface area contributed by atoms with E-state index in [9.17, 15) is 4.79 Å². The fourth-order valence-electron chi connectivity index (χ4n) is 0.257. The number of hydrogen-bond acceptors (Lipinski definition) is 5. The van der Waals surface area contributed by atoms with Gasteiger partial charge in [-0.15, -0.1) is 0 Å². The number of carbonyl (C=O) groups is 1. The van der Waals surface area contributed by atoms with E-state index in [4.69, 9.17) is 0 Å². The molecule has 0 N–H and O–H groups in total. The molecular weight excluding hydrogens is 160 g/mol. The quantitative estimate of drug-likeness (QED) is 0.224. The molecule has 5 heteroatoms. The molecule has 0 rings (SSSR count). The zero-order chi connectivity index (χ0) is 7.11. The predicted molar refractivity (Wildman–Crippen MR) is 39.2 cm³/mol. The van der Waals surface area contributed by atoms with Crippen molar-refractivity contribution in [1.82, 2.24) is 0 Å². The predicted octanol–water partition coefficient (Wildman–Crippen LogP) is 1.06. The van der Waals surface area contributed by atoms with Crippen LogP contribution in [0.3, 0.4) is 0 Å². The summed E-state index contributed by atoms with van der Waals surface area (Å²) in [5, 5.41) is 0. The summed E-state index contributed by atoms with van der Waals surface area (Å²) >= 11 is 4.66. The van der Waals surface area contributed by atoms with Crippen LogP contribution in [0.5, 0.6) is 0 Å². The highest BCUT2D eigenvalue weighted by Crippen LogP contribution is 2.04. The number of carbonyl (C=O) groups excluding carboxylic acids is 1. The monoisotopic (exact) mass is 168 g/mol. The Morgan fingerprint density at radius 1 is 1.67 bits per heavy atom. The third-order valence-electron chi connectivity index (χ3n) is 0.525. The summed E-state index contributed by atoms with van der Waals surface area (Å²) < 4.78 is 9.22. The van der Waals surface area contributed by atoms with Crippen molar-refractivity contribution in [3.8, 4) is 0 Å². The Morgan fingerprint density at radius 3 is 2.78 bits per heavy atom. The van der Waals surface area contributed by atoms with Gasteiger partial charge in [0.25, 0.3) is 0 Å². The normalized spacial score (nSPS) is 9.11. The topological polar surface area (TPSA) is 35.5 Å². The van der Waals surface area contributed by atoms with Gasteiger partial charge in [-0.25, -0.2) is 0 Å². The Kier molecular flexibility index (Phi) is 6.34. The zero-order valence-electron chi connectivity index (χ0n) is 4.99. The fourth-order valence-corrected chi connectivity index (χ4v) is 0.623. The summed E-state index contributed by atoms with van der Waals surface area (Å²) in [6.45, 7) is 2.03. The molecule has 54 valence electrons. The van der Waals surface area contributed by atoms with Crippen molar-refractivity contribution in [3.63, 3.8) is 0 Å². The molecule has 0 aliphatic heterocycles. The lowest BCUT2D eigenvalue weighted by Crippen LogP contribution is -2.04. The molecule has 0 heterocycles. The summed E-state index contributed by atoms with van der Waals surface area (Å²) in [4.78, 5) is 10.1. The van der Waals surface area contributed by atoms with Crippen LogP contribution in [-0.2, 0) is 13.7 Å². The van der Waals surface area contributed by atoms with Crippen LogP contribution in [0, 0.1) is 0 Å². The molecule has 0 aromatic rings. The van der Waals surface area contributed by atoms with E-state index in [1.807, 2.05) is 0 Å². The molecule has 0 bridgehead atoms. The lowest BCUT2D eigenvalue weighted by atomic mass is 10.7. The average molecular weight is 168 g/mol. The van der Waals surface area contributed by atoms with Crippen LogP contribution in [0.2, 0.25) is 0 Å². The lowest BCUT2D eigenvalue weighted by Gasteiger charge is -1.98. The van der Waals surface area contributed by atoms with Gasteiger partial charge in [0.1, 0.15) is 6.61 Å².